The quantitative estimate of drug-likeness (QED) is 0.112. The summed E-state index contributed by atoms with van der Waals surface area (Å²) in [6, 6.07) is 85.3. The molecule has 0 fully saturated rings. The number of anilines is 2. The Bertz CT molecular complexity index is 6680. The average Bonchev–Trinajstić information content (AvgIpc) is 2.53. The van der Waals surface area contributed by atoms with Crippen LogP contribution < -0.4 is 26.7 Å². The van der Waals surface area contributed by atoms with Crippen molar-refractivity contribution in [2.45, 2.75) is 0 Å². The third-order valence-corrected chi connectivity index (χ3v) is 19.4. The first-order chi connectivity index (χ1) is 43.4. The van der Waals surface area contributed by atoms with Crippen LogP contribution >= 0.6 is 0 Å². The lowest BCUT2D eigenvalue weighted by Gasteiger charge is -2.17. The summed E-state index contributed by atoms with van der Waals surface area (Å²) < 4.78 is 0. The van der Waals surface area contributed by atoms with Crippen LogP contribution in [0.4, 0.5) is 23.3 Å². The molecule has 4 N–H and O–H groups in total. The Balaban J connectivity index is 0.859. The fraction of sp³-hybridized carbons (Fsp3) is 0.0250. The predicted molar refractivity (Wildman–Crippen MR) is 369 cm³/mol. The van der Waals surface area contributed by atoms with Gasteiger partial charge in [-0.1, -0.05) is 109 Å². The van der Waals surface area contributed by atoms with Gasteiger partial charge in [0, 0.05) is 32.3 Å². The number of hydrogen-bond acceptors (Lipinski definition) is 5. The summed E-state index contributed by atoms with van der Waals surface area (Å²) in [6.07, 6.45) is 4.75. The number of nitrogens with zero attached hydrogens (tertiary/aromatic N) is 4. The normalized spacial score (nSPS) is 15.6. The van der Waals surface area contributed by atoms with Gasteiger partial charge in [0.15, 0.2) is 0 Å². The van der Waals surface area contributed by atoms with E-state index in [1.807, 2.05) is 0 Å². The standard InChI is InChI=1S/C80H46N8/c1-2-10-42-18-50-26-58-34-66-65(33-57(58)25-49(50)17-41(42)9-1)73-81-74(66)86-76-69-37-61-29-53-21-45-13-5-6-14-46(45)22-54(53)30-62(61)38-70(69)78(83-76)88-80-72-40-64-32-56-24-48-16-8-7-15-47(48)23-55(56)31-63(64)39-71(72)79(84-80)87-77-68-36-60-28-52-20-44-12-4-3-11-43(44)19-51(52)27-59(60)35-67(68)75(82-77)85-73/h1-40,65-66,82,84,87H,(H,81,83,85,86,88). The monoisotopic (exact) mass is 1120 g/mol. The van der Waals surface area contributed by atoms with Gasteiger partial charge < -0.3 is 20.3 Å². The van der Waals surface area contributed by atoms with Gasteiger partial charge in [-0.05, 0) is 262 Å². The molecular weight excluding hydrogens is 1070 g/mol. The molecule has 5 heterocycles. The lowest BCUT2D eigenvalue weighted by Crippen LogP contribution is -2.35. The SMILES string of the molecule is C1=c2cc3cc4ccccc4cc3cc2=CC2C3=Nc4[nH]c(c5cc6cc7cc8ccccc8cc7cc6cc45)Nc4[nH]c(c5cc6cc7cc8ccccc8cc7cc6cc45)N=c4[nH]c(c5cc6cc7cc8ccccc8cc7cc6cc45)=NC(=N3)C12. The first-order valence-electron chi connectivity index (χ1n) is 30.2. The van der Waals surface area contributed by atoms with E-state index in [9.17, 15) is 0 Å². The second-order valence-corrected chi connectivity index (χ2v) is 24.7. The molecule has 15 aromatic carbocycles. The lowest BCUT2D eigenvalue weighted by atomic mass is 9.86. The number of amidine groups is 2. The van der Waals surface area contributed by atoms with E-state index in [0.29, 0.717) is 22.6 Å². The molecule has 0 spiro atoms. The van der Waals surface area contributed by atoms with E-state index < -0.39 is 0 Å². The Hall–Kier alpha value is -11.7. The lowest BCUT2D eigenvalue weighted by molar-refractivity contribution is 0.826. The first-order valence-corrected chi connectivity index (χ1v) is 30.2. The van der Waals surface area contributed by atoms with Crippen molar-refractivity contribution >= 4 is 198 Å². The molecule has 0 saturated heterocycles. The van der Waals surface area contributed by atoms with Crippen molar-refractivity contribution in [1.29, 1.82) is 0 Å². The summed E-state index contributed by atoms with van der Waals surface area (Å²) in [6.45, 7) is 0. The van der Waals surface area contributed by atoms with Gasteiger partial charge in [0.2, 0.25) is 0 Å². The van der Waals surface area contributed by atoms with Crippen LogP contribution in [-0.2, 0) is 0 Å². The van der Waals surface area contributed by atoms with Crippen molar-refractivity contribution in [3.8, 4) is 0 Å². The summed E-state index contributed by atoms with van der Waals surface area (Å²) in [4.78, 5) is 34.3. The number of nitrogens with one attached hydrogen (secondary N) is 4. The number of H-pyrrole nitrogens is 3. The second-order valence-electron chi connectivity index (χ2n) is 24.7. The number of rotatable bonds is 0. The van der Waals surface area contributed by atoms with Crippen LogP contribution in [-0.4, -0.2) is 26.6 Å². The van der Waals surface area contributed by atoms with Gasteiger partial charge in [-0.3, -0.25) is 0 Å². The molecule has 3 aromatic heterocycles. The highest BCUT2D eigenvalue weighted by Gasteiger charge is 2.36. The fourth-order valence-corrected chi connectivity index (χ4v) is 15.0. The molecule has 0 amide bonds. The van der Waals surface area contributed by atoms with Gasteiger partial charge in [0.05, 0.1) is 11.8 Å². The highest BCUT2D eigenvalue weighted by Crippen LogP contribution is 2.44. The number of fused-ring (bicyclic) bond motifs is 31. The Kier molecular flexibility index (Phi) is 9.00. The van der Waals surface area contributed by atoms with Crippen LogP contribution in [0, 0.1) is 11.8 Å². The molecule has 88 heavy (non-hydrogen) atoms. The molecule has 3 aliphatic rings. The molecule has 1 aliphatic carbocycles. The zero-order chi connectivity index (χ0) is 57.0. The van der Waals surface area contributed by atoms with E-state index in [-0.39, 0.29) is 11.8 Å². The molecule has 406 valence electrons. The molecule has 8 nitrogen and oxygen atoms in total. The highest BCUT2D eigenvalue weighted by molar-refractivity contribution is 6.19. The summed E-state index contributed by atoms with van der Waals surface area (Å²) in [5, 5.41) is 38.3. The molecule has 0 radical (unpaired) electrons. The van der Waals surface area contributed by atoms with E-state index >= 15 is 0 Å². The largest absolute Gasteiger partial charge is 0.327 e. The summed E-state index contributed by atoms with van der Waals surface area (Å²) >= 11 is 0. The van der Waals surface area contributed by atoms with Gasteiger partial charge in [-0.15, -0.1) is 0 Å². The summed E-state index contributed by atoms with van der Waals surface area (Å²) in [5.41, 5.74) is 1.40. The third-order valence-electron chi connectivity index (χ3n) is 19.4. The molecule has 2 atom stereocenters. The molecule has 21 rings (SSSR count). The zero-order valence-electron chi connectivity index (χ0n) is 47.0. The van der Waals surface area contributed by atoms with E-state index in [1.54, 1.807) is 0 Å². The van der Waals surface area contributed by atoms with Gasteiger partial charge in [-0.2, -0.15) is 0 Å². The molecule has 2 aliphatic heterocycles. The second kappa shape index (κ2) is 17.0. The van der Waals surface area contributed by atoms with Gasteiger partial charge in [0.1, 0.15) is 45.9 Å². The van der Waals surface area contributed by atoms with E-state index in [1.165, 1.54) is 86.2 Å². The molecule has 8 bridgehead atoms. The van der Waals surface area contributed by atoms with Crippen molar-refractivity contribution in [1.82, 2.24) is 15.0 Å². The maximum absolute atomic E-state index is 5.71. The average molecular weight is 1120 g/mol. The van der Waals surface area contributed by atoms with Crippen LogP contribution in [0.1, 0.15) is 0 Å². The van der Waals surface area contributed by atoms with Crippen LogP contribution in [0.3, 0.4) is 0 Å². The third kappa shape index (κ3) is 6.90. The van der Waals surface area contributed by atoms with Gasteiger partial charge >= 0.3 is 0 Å². The maximum atomic E-state index is 5.71. The van der Waals surface area contributed by atoms with Crippen molar-refractivity contribution in [3.63, 3.8) is 0 Å². The molecule has 2 unspecified atom stereocenters. The van der Waals surface area contributed by atoms with E-state index in [0.717, 1.165) is 98.3 Å². The van der Waals surface area contributed by atoms with Crippen LogP contribution in [0.15, 0.2) is 250 Å². The first kappa shape index (κ1) is 46.6. The Morgan fingerprint density at radius 3 is 0.864 bits per heavy atom. The maximum Gasteiger partial charge on any atom is 0.142 e. The minimum Gasteiger partial charge on any atom is -0.327 e. The number of hydrogen-bond donors (Lipinski definition) is 4. The summed E-state index contributed by atoms with van der Waals surface area (Å²) in [7, 11) is 0. The topological polar surface area (TPSA) is 109 Å². The van der Waals surface area contributed by atoms with Crippen LogP contribution in [0.25, 0.3) is 163 Å². The fourth-order valence-electron chi connectivity index (χ4n) is 15.0. The van der Waals surface area contributed by atoms with Crippen molar-refractivity contribution in [2.75, 3.05) is 5.32 Å². The Morgan fingerprint density at radius 1 is 0.227 bits per heavy atom. The van der Waals surface area contributed by atoms with Gasteiger partial charge in [-0.25, -0.2) is 20.0 Å². The van der Waals surface area contributed by atoms with Crippen LogP contribution in [0.2, 0.25) is 0 Å². The van der Waals surface area contributed by atoms with Crippen molar-refractivity contribution in [3.05, 3.63) is 252 Å². The Labute approximate surface area is 499 Å². The highest BCUT2D eigenvalue weighted by atomic mass is 15.1. The molecular formula is C80H46N8. The van der Waals surface area contributed by atoms with E-state index in [4.69, 9.17) is 20.0 Å². The van der Waals surface area contributed by atoms with E-state index in [2.05, 4.69) is 263 Å². The number of aromatic amines is 3. The number of aliphatic imine (C=N–C) groups is 2. The van der Waals surface area contributed by atoms with Gasteiger partial charge in [0.25, 0.3) is 0 Å². The molecule has 8 heteroatoms. The minimum absolute atomic E-state index is 0.212. The smallest absolute Gasteiger partial charge is 0.142 e. The van der Waals surface area contributed by atoms with Crippen molar-refractivity contribution < 1.29 is 0 Å². The number of aromatic nitrogens is 3. The predicted octanol–water partition coefficient (Wildman–Crippen LogP) is 18.1. The zero-order valence-corrected chi connectivity index (χ0v) is 47.0. The van der Waals surface area contributed by atoms with Crippen molar-refractivity contribution in [2.24, 2.45) is 31.8 Å². The molecule has 0 saturated carbocycles. The molecule has 18 aromatic rings. The Morgan fingerprint density at radius 2 is 0.500 bits per heavy atom. The summed E-state index contributed by atoms with van der Waals surface area (Å²) in [5.74, 6) is 4.02. The van der Waals surface area contributed by atoms with Crippen LogP contribution in [0.5, 0.6) is 0 Å². The minimum atomic E-state index is -0.214. The number of benzene rings is 15.